The third kappa shape index (κ3) is 3.48. The zero-order valence-electron chi connectivity index (χ0n) is 9.17. The van der Waals surface area contributed by atoms with Crippen molar-refractivity contribution in [3.05, 3.63) is 24.3 Å². The van der Waals surface area contributed by atoms with E-state index in [1.165, 1.54) is 26.2 Å². The lowest BCUT2D eigenvalue weighted by Crippen LogP contribution is -2.30. The molecular formula is C10H15NO4S. The lowest BCUT2D eigenvalue weighted by molar-refractivity contribution is 0.198. The van der Waals surface area contributed by atoms with E-state index in [0.717, 1.165) is 0 Å². The largest absolute Gasteiger partial charge is 0.497 e. The Kier molecular flexibility index (Phi) is 4.28. The molecule has 0 amide bonds. The van der Waals surface area contributed by atoms with E-state index in [1.807, 2.05) is 0 Å². The summed E-state index contributed by atoms with van der Waals surface area (Å²) in [6.07, 6.45) is -0.722. The van der Waals surface area contributed by atoms with E-state index < -0.39 is 16.1 Å². The van der Waals surface area contributed by atoms with Crippen molar-refractivity contribution in [1.29, 1.82) is 0 Å². The second-order valence-corrected chi connectivity index (χ2v) is 5.15. The average molecular weight is 245 g/mol. The monoisotopic (exact) mass is 245 g/mol. The Morgan fingerprint density at radius 3 is 2.75 bits per heavy atom. The quantitative estimate of drug-likeness (QED) is 0.785. The minimum Gasteiger partial charge on any atom is -0.497 e. The summed E-state index contributed by atoms with van der Waals surface area (Å²) >= 11 is 0. The minimum atomic E-state index is -3.58. The van der Waals surface area contributed by atoms with Crippen molar-refractivity contribution in [2.75, 3.05) is 13.7 Å². The number of hydrogen-bond acceptors (Lipinski definition) is 4. The van der Waals surface area contributed by atoms with Gasteiger partial charge in [-0.1, -0.05) is 6.07 Å². The molecule has 0 saturated carbocycles. The lowest BCUT2D eigenvalue weighted by atomic mass is 10.3. The first kappa shape index (κ1) is 13.0. The van der Waals surface area contributed by atoms with E-state index in [-0.39, 0.29) is 11.4 Å². The van der Waals surface area contributed by atoms with Crippen LogP contribution in [0.4, 0.5) is 0 Å². The first-order chi connectivity index (χ1) is 7.45. The summed E-state index contributed by atoms with van der Waals surface area (Å²) in [6.45, 7) is 1.49. The van der Waals surface area contributed by atoms with Crippen LogP contribution in [0.25, 0.3) is 0 Å². The number of hydrogen-bond donors (Lipinski definition) is 2. The van der Waals surface area contributed by atoms with Crippen LogP contribution in [0, 0.1) is 0 Å². The Hall–Kier alpha value is -1.11. The highest BCUT2D eigenvalue weighted by Gasteiger charge is 2.14. The summed E-state index contributed by atoms with van der Waals surface area (Å²) in [7, 11) is -2.11. The second kappa shape index (κ2) is 5.29. The topological polar surface area (TPSA) is 75.6 Å². The van der Waals surface area contributed by atoms with Gasteiger partial charge < -0.3 is 9.84 Å². The number of benzene rings is 1. The van der Waals surface area contributed by atoms with Crippen LogP contribution in [0.5, 0.6) is 5.75 Å². The summed E-state index contributed by atoms with van der Waals surface area (Å²) in [4.78, 5) is 0.118. The molecule has 1 unspecified atom stereocenters. The van der Waals surface area contributed by atoms with Crippen molar-refractivity contribution in [3.63, 3.8) is 0 Å². The molecule has 0 aliphatic heterocycles. The van der Waals surface area contributed by atoms with Gasteiger partial charge in [-0.25, -0.2) is 13.1 Å². The molecule has 5 nitrogen and oxygen atoms in total. The smallest absolute Gasteiger partial charge is 0.240 e. The molecule has 1 atom stereocenters. The number of nitrogens with one attached hydrogen (secondary N) is 1. The van der Waals surface area contributed by atoms with Gasteiger partial charge in [-0.05, 0) is 19.1 Å². The standard InChI is InChI=1S/C10H15NO4S/c1-8(12)7-11-16(13,14)10-5-3-4-9(6-10)15-2/h3-6,8,11-12H,7H2,1-2H3. The number of sulfonamides is 1. The van der Waals surface area contributed by atoms with Crippen molar-refractivity contribution in [3.8, 4) is 5.75 Å². The van der Waals surface area contributed by atoms with Crippen molar-refractivity contribution >= 4 is 10.0 Å². The van der Waals surface area contributed by atoms with Gasteiger partial charge in [0.1, 0.15) is 5.75 Å². The van der Waals surface area contributed by atoms with Crippen LogP contribution in [-0.4, -0.2) is 33.3 Å². The third-order valence-electron chi connectivity index (χ3n) is 1.92. The Morgan fingerprint density at radius 1 is 1.50 bits per heavy atom. The maximum atomic E-state index is 11.7. The molecule has 0 aliphatic carbocycles. The fraction of sp³-hybridized carbons (Fsp3) is 0.400. The summed E-state index contributed by atoms with van der Waals surface area (Å²) < 4.78 is 30.7. The molecule has 0 aromatic heterocycles. The summed E-state index contributed by atoms with van der Waals surface area (Å²) in [5.41, 5.74) is 0. The highest BCUT2D eigenvalue weighted by molar-refractivity contribution is 7.89. The van der Waals surface area contributed by atoms with Crippen LogP contribution < -0.4 is 9.46 Å². The predicted octanol–water partition coefficient (Wildman–Crippen LogP) is 0.354. The molecule has 0 aliphatic rings. The van der Waals surface area contributed by atoms with E-state index in [1.54, 1.807) is 12.1 Å². The van der Waals surface area contributed by atoms with Crippen LogP contribution in [0.2, 0.25) is 0 Å². The van der Waals surface area contributed by atoms with Crippen LogP contribution in [0.1, 0.15) is 6.92 Å². The Balaban J connectivity index is 2.89. The number of aliphatic hydroxyl groups excluding tert-OH is 1. The van der Waals surface area contributed by atoms with E-state index >= 15 is 0 Å². The van der Waals surface area contributed by atoms with Crippen molar-refractivity contribution < 1.29 is 18.3 Å². The molecular weight excluding hydrogens is 230 g/mol. The number of rotatable bonds is 5. The molecule has 0 spiro atoms. The zero-order valence-corrected chi connectivity index (χ0v) is 9.99. The number of ether oxygens (including phenoxy) is 1. The molecule has 6 heteroatoms. The van der Waals surface area contributed by atoms with Gasteiger partial charge in [-0.3, -0.25) is 0 Å². The molecule has 0 fully saturated rings. The lowest BCUT2D eigenvalue weighted by Gasteiger charge is -2.09. The van der Waals surface area contributed by atoms with E-state index in [0.29, 0.717) is 5.75 Å². The minimum absolute atomic E-state index is 0.0143. The number of methoxy groups -OCH3 is 1. The Bertz CT molecular complexity index is 442. The van der Waals surface area contributed by atoms with Gasteiger partial charge in [-0.2, -0.15) is 0 Å². The van der Waals surface area contributed by atoms with E-state index in [4.69, 9.17) is 9.84 Å². The van der Waals surface area contributed by atoms with Crippen LogP contribution in [-0.2, 0) is 10.0 Å². The maximum absolute atomic E-state index is 11.7. The van der Waals surface area contributed by atoms with E-state index in [2.05, 4.69) is 4.72 Å². The first-order valence-corrected chi connectivity index (χ1v) is 6.26. The molecule has 0 radical (unpaired) electrons. The van der Waals surface area contributed by atoms with E-state index in [9.17, 15) is 8.42 Å². The van der Waals surface area contributed by atoms with Gasteiger partial charge in [0.2, 0.25) is 10.0 Å². The van der Waals surface area contributed by atoms with Crippen LogP contribution >= 0.6 is 0 Å². The SMILES string of the molecule is COc1cccc(S(=O)(=O)NCC(C)O)c1. The van der Waals surface area contributed by atoms with Gasteiger partial charge in [0.05, 0.1) is 18.1 Å². The molecule has 1 rings (SSSR count). The average Bonchev–Trinajstić information content (AvgIpc) is 2.27. The van der Waals surface area contributed by atoms with Gasteiger partial charge in [0, 0.05) is 12.6 Å². The highest BCUT2D eigenvalue weighted by Crippen LogP contribution is 2.16. The van der Waals surface area contributed by atoms with Crippen molar-refractivity contribution in [1.82, 2.24) is 4.72 Å². The molecule has 2 N–H and O–H groups in total. The third-order valence-corrected chi connectivity index (χ3v) is 3.34. The zero-order chi connectivity index (χ0) is 12.2. The maximum Gasteiger partial charge on any atom is 0.240 e. The van der Waals surface area contributed by atoms with Crippen LogP contribution in [0.3, 0.4) is 0 Å². The van der Waals surface area contributed by atoms with Gasteiger partial charge in [-0.15, -0.1) is 0 Å². The highest BCUT2D eigenvalue weighted by atomic mass is 32.2. The molecule has 16 heavy (non-hydrogen) atoms. The summed E-state index contributed by atoms with van der Waals surface area (Å²) in [6, 6.07) is 6.14. The predicted molar refractivity (Wildman–Crippen MR) is 59.9 cm³/mol. The molecule has 1 aromatic carbocycles. The molecule has 90 valence electrons. The van der Waals surface area contributed by atoms with Crippen molar-refractivity contribution in [2.45, 2.75) is 17.9 Å². The van der Waals surface area contributed by atoms with Gasteiger partial charge >= 0.3 is 0 Å². The molecule has 1 aromatic rings. The normalized spacial score (nSPS) is 13.4. The van der Waals surface area contributed by atoms with Gasteiger partial charge in [0.25, 0.3) is 0 Å². The Morgan fingerprint density at radius 2 is 2.19 bits per heavy atom. The van der Waals surface area contributed by atoms with Gasteiger partial charge in [0.15, 0.2) is 0 Å². The summed E-state index contributed by atoms with van der Waals surface area (Å²) in [5.74, 6) is 0.472. The molecule has 0 bridgehead atoms. The fourth-order valence-corrected chi connectivity index (χ4v) is 2.24. The first-order valence-electron chi connectivity index (χ1n) is 4.77. The fourth-order valence-electron chi connectivity index (χ4n) is 1.08. The molecule has 0 heterocycles. The molecule has 0 saturated heterocycles. The number of aliphatic hydroxyl groups is 1. The van der Waals surface area contributed by atoms with Crippen LogP contribution in [0.15, 0.2) is 29.2 Å². The van der Waals surface area contributed by atoms with Crippen molar-refractivity contribution in [2.24, 2.45) is 0 Å². The second-order valence-electron chi connectivity index (χ2n) is 3.38. The summed E-state index contributed by atoms with van der Waals surface area (Å²) in [5, 5.41) is 9.01. The Labute approximate surface area is 95.1 Å².